The highest BCUT2D eigenvalue weighted by molar-refractivity contribution is 7.09. The zero-order chi connectivity index (χ0) is 12.0. The Hall–Kier alpha value is -0.450. The number of ether oxygens (including phenoxy) is 1. The normalized spacial score (nSPS) is 13.3. The van der Waals surface area contributed by atoms with Gasteiger partial charge in [-0.15, -0.1) is 11.3 Å². The topological polar surface area (TPSA) is 34.1 Å². The van der Waals surface area contributed by atoms with Crippen LogP contribution in [0.25, 0.3) is 0 Å². The van der Waals surface area contributed by atoms with Crippen LogP contribution in [0.1, 0.15) is 31.5 Å². The molecule has 0 aromatic carbocycles. The summed E-state index contributed by atoms with van der Waals surface area (Å²) < 4.78 is 5.23. The molecule has 0 radical (unpaired) electrons. The van der Waals surface area contributed by atoms with Gasteiger partial charge < -0.3 is 10.1 Å². The van der Waals surface area contributed by atoms with E-state index in [1.807, 2.05) is 0 Å². The highest BCUT2D eigenvalue weighted by Crippen LogP contribution is 2.13. The lowest BCUT2D eigenvalue weighted by Crippen LogP contribution is -2.25. The highest BCUT2D eigenvalue weighted by atomic mass is 32.1. The van der Waals surface area contributed by atoms with Crippen LogP contribution in [0.4, 0.5) is 0 Å². The molecule has 1 aromatic rings. The van der Waals surface area contributed by atoms with E-state index in [-0.39, 0.29) is 6.10 Å². The van der Waals surface area contributed by atoms with Crippen LogP contribution >= 0.6 is 11.3 Å². The second-order valence-corrected chi connectivity index (χ2v) is 5.28. The minimum atomic E-state index is 0.257. The van der Waals surface area contributed by atoms with Crippen LogP contribution in [-0.4, -0.2) is 30.8 Å². The van der Waals surface area contributed by atoms with Crippen LogP contribution in [-0.2, 0) is 17.6 Å². The Bertz CT molecular complexity index is 299. The van der Waals surface area contributed by atoms with Crippen molar-refractivity contribution in [2.75, 3.05) is 13.7 Å². The van der Waals surface area contributed by atoms with Gasteiger partial charge in [0.1, 0.15) is 0 Å². The van der Waals surface area contributed by atoms with Gasteiger partial charge in [0.2, 0.25) is 0 Å². The van der Waals surface area contributed by atoms with Gasteiger partial charge in [-0.3, -0.25) is 0 Å². The lowest BCUT2D eigenvalue weighted by molar-refractivity contribution is 0.118. The molecule has 0 fully saturated rings. The van der Waals surface area contributed by atoms with Crippen LogP contribution in [0.3, 0.4) is 0 Å². The van der Waals surface area contributed by atoms with Crippen molar-refractivity contribution >= 4 is 11.3 Å². The number of nitrogens with one attached hydrogen (secondary N) is 1. The average Bonchev–Trinajstić information content (AvgIpc) is 2.65. The number of aromatic nitrogens is 1. The highest BCUT2D eigenvalue weighted by Gasteiger charge is 2.06. The first-order valence-corrected chi connectivity index (χ1v) is 6.69. The molecule has 1 heterocycles. The summed E-state index contributed by atoms with van der Waals surface area (Å²) in [6.45, 7) is 7.39. The zero-order valence-corrected chi connectivity index (χ0v) is 11.4. The number of rotatable bonds is 7. The van der Waals surface area contributed by atoms with Crippen molar-refractivity contribution in [2.24, 2.45) is 0 Å². The van der Waals surface area contributed by atoms with Crippen molar-refractivity contribution in [2.45, 2.75) is 45.8 Å². The maximum Gasteiger partial charge on any atom is 0.0954 e. The molecule has 0 aliphatic rings. The fraction of sp³-hybridized carbons (Fsp3) is 0.750. The molecule has 0 aliphatic carbocycles. The molecule has 0 aliphatic heterocycles. The molecular formula is C12H22N2OS. The van der Waals surface area contributed by atoms with E-state index in [1.54, 1.807) is 18.4 Å². The summed E-state index contributed by atoms with van der Waals surface area (Å²) in [6, 6.07) is 0.548. The van der Waals surface area contributed by atoms with Crippen LogP contribution in [0.15, 0.2) is 5.38 Å². The third-order valence-corrected chi connectivity index (χ3v) is 3.32. The molecule has 1 unspecified atom stereocenters. The number of hydrogen-bond acceptors (Lipinski definition) is 4. The van der Waals surface area contributed by atoms with Crippen molar-refractivity contribution in [1.82, 2.24) is 10.3 Å². The molecule has 0 bridgehead atoms. The van der Waals surface area contributed by atoms with Gasteiger partial charge >= 0.3 is 0 Å². The van der Waals surface area contributed by atoms with Crippen LogP contribution in [0, 0.1) is 0 Å². The van der Waals surface area contributed by atoms with Gasteiger partial charge in [-0.1, -0.05) is 13.8 Å². The fourth-order valence-corrected chi connectivity index (χ4v) is 2.32. The molecule has 0 saturated carbocycles. The molecule has 1 atom stereocenters. The minimum Gasteiger partial charge on any atom is -0.381 e. The molecule has 16 heavy (non-hydrogen) atoms. The molecule has 1 rings (SSSR count). The number of hydrogen-bond donors (Lipinski definition) is 1. The van der Waals surface area contributed by atoms with Crippen molar-refractivity contribution in [3.63, 3.8) is 0 Å². The van der Waals surface area contributed by atoms with Crippen molar-refractivity contribution in [1.29, 1.82) is 0 Å². The lowest BCUT2D eigenvalue weighted by Gasteiger charge is -2.06. The van der Waals surface area contributed by atoms with E-state index in [0.29, 0.717) is 6.04 Å². The van der Waals surface area contributed by atoms with E-state index >= 15 is 0 Å². The predicted molar refractivity (Wildman–Crippen MR) is 69.1 cm³/mol. The molecule has 1 aromatic heterocycles. The Kier molecular flexibility index (Phi) is 5.95. The van der Waals surface area contributed by atoms with Crippen molar-refractivity contribution in [3.8, 4) is 0 Å². The van der Waals surface area contributed by atoms with Gasteiger partial charge in [-0.2, -0.15) is 0 Å². The van der Waals surface area contributed by atoms with Crippen LogP contribution < -0.4 is 5.32 Å². The van der Waals surface area contributed by atoms with Gasteiger partial charge in [-0.25, -0.2) is 4.98 Å². The maximum atomic E-state index is 5.23. The van der Waals surface area contributed by atoms with Gasteiger partial charge in [-0.05, 0) is 6.92 Å². The second kappa shape index (κ2) is 6.99. The van der Waals surface area contributed by atoms with E-state index in [2.05, 4.69) is 36.5 Å². The molecule has 92 valence electrons. The quantitative estimate of drug-likeness (QED) is 0.796. The Balaban J connectivity index is 2.33. The first kappa shape index (κ1) is 13.6. The standard InChI is InChI=1S/C12H22N2OS/c1-9(2)13-6-5-11-8-16-12(14-11)7-10(3)15-4/h8-10,13H,5-7H2,1-4H3. The fourth-order valence-electron chi connectivity index (χ4n) is 1.38. The molecule has 1 N–H and O–H groups in total. The smallest absolute Gasteiger partial charge is 0.0954 e. The van der Waals surface area contributed by atoms with Crippen molar-refractivity contribution < 1.29 is 4.74 Å². The first-order valence-electron chi connectivity index (χ1n) is 5.81. The summed E-state index contributed by atoms with van der Waals surface area (Å²) in [7, 11) is 1.74. The molecule has 4 heteroatoms. The predicted octanol–water partition coefficient (Wildman–Crippen LogP) is 2.26. The molecule has 0 saturated heterocycles. The summed E-state index contributed by atoms with van der Waals surface area (Å²) in [6.07, 6.45) is 2.18. The third kappa shape index (κ3) is 5.05. The van der Waals surface area contributed by atoms with Gasteiger partial charge in [0.25, 0.3) is 0 Å². The van der Waals surface area contributed by atoms with E-state index < -0.39 is 0 Å². The number of thiazole rings is 1. The summed E-state index contributed by atoms with van der Waals surface area (Å²) in [5.41, 5.74) is 1.19. The monoisotopic (exact) mass is 242 g/mol. The SMILES string of the molecule is COC(C)Cc1nc(CCNC(C)C)cs1. The van der Waals surface area contributed by atoms with E-state index in [4.69, 9.17) is 4.74 Å². The Morgan fingerprint density at radius 1 is 1.44 bits per heavy atom. The molecule has 0 spiro atoms. The molecule has 0 amide bonds. The van der Waals surface area contributed by atoms with Gasteiger partial charge in [0.05, 0.1) is 16.8 Å². The summed E-state index contributed by atoms with van der Waals surface area (Å²) in [5.74, 6) is 0. The summed E-state index contributed by atoms with van der Waals surface area (Å²) >= 11 is 1.73. The van der Waals surface area contributed by atoms with E-state index in [9.17, 15) is 0 Å². The average molecular weight is 242 g/mol. The number of nitrogens with zero attached hydrogens (tertiary/aromatic N) is 1. The summed E-state index contributed by atoms with van der Waals surface area (Å²) in [4.78, 5) is 4.59. The largest absolute Gasteiger partial charge is 0.381 e. The first-order chi connectivity index (χ1) is 7.61. The zero-order valence-electron chi connectivity index (χ0n) is 10.6. The second-order valence-electron chi connectivity index (χ2n) is 4.34. The van der Waals surface area contributed by atoms with E-state index in [0.717, 1.165) is 19.4 Å². The Morgan fingerprint density at radius 3 is 2.81 bits per heavy atom. The van der Waals surface area contributed by atoms with Gasteiger partial charge in [0, 0.05) is 37.9 Å². The lowest BCUT2D eigenvalue weighted by atomic mass is 10.3. The molecular weight excluding hydrogens is 220 g/mol. The molecule has 3 nitrogen and oxygen atoms in total. The third-order valence-electron chi connectivity index (χ3n) is 2.40. The van der Waals surface area contributed by atoms with Crippen LogP contribution in [0.5, 0.6) is 0 Å². The van der Waals surface area contributed by atoms with Crippen molar-refractivity contribution in [3.05, 3.63) is 16.1 Å². The summed E-state index contributed by atoms with van der Waals surface area (Å²) in [5, 5.41) is 6.72. The minimum absolute atomic E-state index is 0.257. The Labute approximate surface area is 102 Å². The maximum absolute atomic E-state index is 5.23. The van der Waals surface area contributed by atoms with Crippen LogP contribution in [0.2, 0.25) is 0 Å². The van der Waals surface area contributed by atoms with Gasteiger partial charge in [0.15, 0.2) is 0 Å². The Morgan fingerprint density at radius 2 is 2.19 bits per heavy atom. The van der Waals surface area contributed by atoms with E-state index in [1.165, 1.54) is 10.7 Å². The number of methoxy groups -OCH3 is 1.